The molecule has 0 saturated carbocycles. The number of anilines is 4. The maximum absolute atomic E-state index is 13.8. The van der Waals surface area contributed by atoms with Gasteiger partial charge < -0.3 is 30.7 Å². The fraction of sp³-hybridized carbons (Fsp3) is 0.320. The van der Waals surface area contributed by atoms with E-state index in [1.807, 2.05) is 0 Å². The van der Waals surface area contributed by atoms with E-state index in [0.29, 0.717) is 0 Å². The van der Waals surface area contributed by atoms with Crippen LogP contribution in [0.25, 0.3) is 0 Å². The SMILES string of the molecule is C.C.COC(=O)[C@@H](NCC(=O)Nc1cccc2c1C(=O)c1c(NC(=O)CN[C@@H](C(=O)OC)C(C)C)cccc1C2=O)C(C)C.O=C(CCl)Nc1cccc2c1C(=O)c1c(NC(=O)CCl)cccc1C2=O. The molecule has 0 heterocycles. The average Bonchev–Trinajstić information content (AvgIpc) is 3.31. The summed E-state index contributed by atoms with van der Waals surface area (Å²) in [5.41, 5.74) is 1.28. The largest absolute Gasteiger partial charge is 0.468 e. The Hall–Kier alpha value is -7.12. The van der Waals surface area contributed by atoms with Crippen molar-refractivity contribution in [3.8, 4) is 0 Å². The number of nitrogens with one attached hydrogen (secondary N) is 6. The van der Waals surface area contributed by atoms with Crippen LogP contribution in [0, 0.1) is 11.8 Å². The molecule has 0 unspecified atom stereocenters. The summed E-state index contributed by atoms with van der Waals surface area (Å²) in [7, 11) is 2.52. The van der Waals surface area contributed by atoms with Crippen LogP contribution < -0.4 is 31.9 Å². The third-order valence-corrected chi connectivity index (χ3v) is 11.2. The zero-order valence-corrected chi connectivity index (χ0v) is 39.2. The van der Waals surface area contributed by atoms with Crippen LogP contribution in [0.5, 0.6) is 0 Å². The highest BCUT2D eigenvalue weighted by Crippen LogP contribution is 2.37. The second kappa shape index (κ2) is 25.5. The van der Waals surface area contributed by atoms with E-state index in [2.05, 4.69) is 31.9 Å². The Bertz CT molecular complexity index is 2550. The second-order valence-electron chi connectivity index (χ2n) is 15.9. The quantitative estimate of drug-likeness (QED) is 0.0480. The summed E-state index contributed by atoms with van der Waals surface area (Å²) in [6.45, 7) is 6.70. The van der Waals surface area contributed by atoms with Gasteiger partial charge in [0.2, 0.25) is 23.6 Å². The summed E-state index contributed by atoms with van der Waals surface area (Å²) < 4.78 is 9.56. The molecule has 20 heteroatoms. The highest BCUT2D eigenvalue weighted by Gasteiger charge is 2.36. The Kier molecular flexibility index (Phi) is 20.8. The predicted molar refractivity (Wildman–Crippen MR) is 266 cm³/mol. The molecule has 0 aromatic heterocycles. The number of alkyl halides is 2. The van der Waals surface area contributed by atoms with E-state index < -0.39 is 65.0 Å². The van der Waals surface area contributed by atoms with Crippen LogP contribution in [0.4, 0.5) is 22.7 Å². The molecule has 4 aromatic carbocycles. The molecule has 0 spiro atoms. The molecule has 0 bridgehead atoms. The first kappa shape index (κ1) is 57.2. The molecule has 4 aromatic rings. The molecule has 0 fully saturated rings. The summed E-state index contributed by atoms with van der Waals surface area (Å²) in [6.07, 6.45) is 0. The number of amides is 4. The van der Waals surface area contributed by atoms with E-state index in [9.17, 15) is 47.9 Å². The van der Waals surface area contributed by atoms with E-state index >= 15 is 0 Å². The number of ketones is 4. The summed E-state index contributed by atoms with van der Waals surface area (Å²) in [5.74, 6) is -5.85. The molecule has 70 heavy (non-hydrogen) atoms. The number of methoxy groups -OCH3 is 2. The number of ether oxygens (including phenoxy) is 2. The van der Waals surface area contributed by atoms with Crippen molar-refractivity contribution in [1.82, 2.24) is 10.6 Å². The fourth-order valence-corrected chi connectivity index (χ4v) is 7.63. The number of hydrogen-bond acceptors (Lipinski definition) is 14. The van der Waals surface area contributed by atoms with Crippen molar-refractivity contribution >= 4 is 105 Å². The summed E-state index contributed by atoms with van der Waals surface area (Å²) >= 11 is 11.0. The molecular weight excluding hydrogens is 947 g/mol. The molecule has 2 atom stereocenters. The summed E-state index contributed by atoms with van der Waals surface area (Å²) in [6, 6.07) is 16.8. The Balaban J connectivity index is 0.000000397. The van der Waals surface area contributed by atoms with Crippen LogP contribution in [0.3, 0.4) is 0 Å². The van der Waals surface area contributed by atoms with E-state index in [-0.39, 0.29) is 125 Å². The number of fused-ring (bicyclic) bond motifs is 4. The van der Waals surface area contributed by atoms with Gasteiger partial charge in [-0.1, -0.05) is 91.1 Å². The predicted octanol–water partition coefficient (Wildman–Crippen LogP) is 6.00. The topological polar surface area (TPSA) is 261 Å². The fourth-order valence-electron chi connectivity index (χ4n) is 7.50. The summed E-state index contributed by atoms with van der Waals surface area (Å²) in [4.78, 5) is 126. The molecule has 2 aliphatic rings. The van der Waals surface area contributed by atoms with E-state index in [1.165, 1.54) is 62.8 Å². The Morgan fingerprint density at radius 1 is 0.443 bits per heavy atom. The molecule has 372 valence electrons. The molecular formula is C50H56Cl2N6O12. The lowest BCUT2D eigenvalue weighted by Crippen LogP contribution is -2.45. The van der Waals surface area contributed by atoms with Gasteiger partial charge in [0.25, 0.3) is 0 Å². The monoisotopic (exact) mass is 1000 g/mol. The van der Waals surface area contributed by atoms with Crippen molar-refractivity contribution in [2.75, 3.05) is 60.3 Å². The Labute approximate surface area is 415 Å². The Morgan fingerprint density at radius 2 is 0.700 bits per heavy atom. The van der Waals surface area contributed by atoms with Crippen LogP contribution in [-0.4, -0.2) is 110 Å². The van der Waals surface area contributed by atoms with Crippen molar-refractivity contribution < 1.29 is 57.4 Å². The van der Waals surface area contributed by atoms with Gasteiger partial charge in [-0.2, -0.15) is 0 Å². The lowest BCUT2D eigenvalue weighted by molar-refractivity contribution is -0.145. The number of carbonyl (C=O) groups is 10. The number of halogens is 2. The maximum Gasteiger partial charge on any atom is 0.323 e. The van der Waals surface area contributed by atoms with Gasteiger partial charge in [-0.05, 0) is 36.1 Å². The smallest absolute Gasteiger partial charge is 0.323 e. The van der Waals surface area contributed by atoms with Crippen molar-refractivity contribution in [3.63, 3.8) is 0 Å². The van der Waals surface area contributed by atoms with Crippen LogP contribution >= 0.6 is 23.2 Å². The van der Waals surface area contributed by atoms with E-state index in [1.54, 1.807) is 52.0 Å². The first-order chi connectivity index (χ1) is 32.4. The van der Waals surface area contributed by atoms with Crippen LogP contribution in [0.15, 0.2) is 72.8 Å². The van der Waals surface area contributed by atoms with Crippen LogP contribution in [0.2, 0.25) is 0 Å². The highest BCUT2D eigenvalue weighted by molar-refractivity contribution is 6.35. The minimum atomic E-state index is -0.718. The number of rotatable bonds is 16. The van der Waals surface area contributed by atoms with Gasteiger partial charge in [-0.25, -0.2) is 0 Å². The van der Waals surface area contributed by atoms with Gasteiger partial charge in [-0.15, -0.1) is 23.2 Å². The van der Waals surface area contributed by atoms with Crippen molar-refractivity contribution in [2.45, 2.75) is 54.6 Å². The van der Waals surface area contributed by atoms with E-state index in [4.69, 9.17) is 32.7 Å². The van der Waals surface area contributed by atoms with E-state index in [0.717, 1.165) is 0 Å². The van der Waals surface area contributed by atoms with Crippen molar-refractivity contribution in [3.05, 3.63) is 117 Å². The van der Waals surface area contributed by atoms with Gasteiger partial charge in [0, 0.05) is 22.3 Å². The van der Waals surface area contributed by atoms with Crippen LogP contribution in [-0.2, 0) is 38.2 Å². The molecule has 18 nitrogen and oxygen atoms in total. The molecule has 2 aliphatic carbocycles. The Morgan fingerprint density at radius 3 is 0.929 bits per heavy atom. The molecule has 6 N–H and O–H groups in total. The average molecular weight is 1000 g/mol. The highest BCUT2D eigenvalue weighted by atomic mass is 35.5. The zero-order chi connectivity index (χ0) is 50.0. The van der Waals surface area contributed by atoms with Gasteiger partial charge in [-0.3, -0.25) is 58.6 Å². The second-order valence-corrected chi connectivity index (χ2v) is 16.5. The standard InChI is InChI=1S/C30H36N4O8.C18H12Cl2N2O4.2CH4/c1-15(2)25(29(39)41-5)31-13-21(35)33-19-11-7-9-17-23(19)28(38)24-18(27(17)37)10-8-12-20(24)34-22(36)14-32-26(16(3)4)30(40)42-6;19-7-13(23)21-11-5-1-3-9-15(11)18(26)16-10(17(9)25)4-2-6-12(16)22-14(24)8-20;;/h7-12,15-16,25-26,31-32H,13-14H2,1-6H3,(H,33,35)(H,34,36);1-6H,7-8H2,(H,21,23)(H,22,24);2*1H4/t25-,26+;;;. The minimum Gasteiger partial charge on any atom is -0.468 e. The van der Waals surface area contributed by atoms with Gasteiger partial charge in [0.05, 0.1) is 72.3 Å². The van der Waals surface area contributed by atoms with Crippen molar-refractivity contribution in [1.29, 1.82) is 0 Å². The normalized spacial score (nSPS) is 12.7. The molecule has 0 saturated heterocycles. The molecule has 4 amide bonds. The molecule has 0 radical (unpaired) electrons. The van der Waals surface area contributed by atoms with Crippen molar-refractivity contribution in [2.24, 2.45) is 11.8 Å². The third-order valence-electron chi connectivity index (χ3n) is 10.7. The van der Waals surface area contributed by atoms with Crippen LogP contribution in [0.1, 0.15) is 106 Å². The minimum absolute atomic E-state index is 0. The summed E-state index contributed by atoms with van der Waals surface area (Å²) in [5, 5.41) is 16.1. The van der Waals surface area contributed by atoms with Gasteiger partial charge >= 0.3 is 11.9 Å². The molecule has 0 aliphatic heterocycles. The number of carbonyl (C=O) groups excluding carboxylic acids is 10. The lowest BCUT2D eigenvalue weighted by Gasteiger charge is -2.23. The first-order valence-corrected chi connectivity index (χ1v) is 22.1. The van der Waals surface area contributed by atoms with Gasteiger partial charge in [0.15, 0.2) is 23.1 Å². The maximum atomic E-state index is 13.8. The first-order valence-electron chi connectivity index (χ1n) is 21.0. The third kappa shape index (κ3) is 12.7. The lowest BCUT2D eigenvalue weighted by atomic mass is 9.82. The number of esters is 2. The number of hydrogen-bond donors (Lipinski definition) is 6. The zero-order valence-electron chi connectivity index (χ0n) is 37.7. The molecule has 6 rings (SSSR count). The number of benzene rings is 4. The van der Waals surface area contributed by atoms with Gasteiger partial charge in [0.1, 0.15) is 23.8 Å².